The Balaban J connectivity index is 1.99. The van der Waals surface area contributed by atoms with E-state index < -0.39 is 39.2 Å². The number of imidazole rings is 1. The number of anilines is 2. The van der Waals surface area contributed by atoms with E-state index in [0.717, 1.165) is 6.17 Å². The van der Waals surface area contributed by atoms with Crippen LogP contribution in [-0.4, -0.2) is 74.0 Å². The molecule has 0 amide bonds. The van der Waals surface area contributed by atoms with Gasteiger partial charge in [0.15, 0.2) is 23.2 Å². The Hall–Kier alpha value is -1.79. The van der Waals surface area contributed by atoms with Crippen LogP contribution in [0.2, 0.25) is 19.6 Å². The van der Waals surface area contributed by atoms with Crippen molar-refractivity contribution in [3.63, 3.8) is 0 Å². The molecule has 6 N–H and O–H groups in total. The van der Waals surface area contributed by atoms with Crippen molar-refractivity contribution in [2.75, 3.05) is 23.8 Å². The van der Waals surface area contributed by atoms with Gasteiger partial charge in [-0.2, -0.15) is 0 Å². The molecule has 10 nitrogen and oxygen atoms in total. The molecule has 0 bridgehead atoms. The van der Waals surface area contributed by atoms with Crippen molar-refractivity contribution in [1.82, 2.24) is 19.5 Å². The number of nitrogens with two attached hydrogens (primary N) is 1. The zero-order chi connectivity index (χ0) is 18.4. The second-order valence-electron chi connectivity index (χ2n) is 7.38. The summed E-state index contributed by atoms with van der Waals surface area (Å²) >= 11 is 0. The summed E-state index contributed by atoms with van der Waals surface area (Å²) in [6.45, 7) is 6.26. The van der Waals surface area contributed by atoms with Gasteiger partial charge in [0.1, 0.15) is 24.6 Å². The average molecular weight is 368 g/mol. The molecule has 4 unspecified atom stereocenters. The van der Waals surface area contributed by atoms with Crippen LogP contribution in [0.4, 0.5) is 11.8 Å². The fourth-order valence-corrected chi connectivity index (χ4v) is 3.45. The van der Waals surface area contributed by atoms with Crippen LogP contribution in [0.15, 0.2) is 6.33 Å². The number of fused-ring (bicyclic) bond motifs is 1. The van der Waals surface area contributed by atoms with Crippen LogP contribution >= 0.6 is 0 Å². The molecule has 1 aliphatic rings. The molecule has 2 aromatic rings. The van der Waals surface area contributed by atoms with E-state index in [-0.39, 0.29) is 5.95 Å². The average Bonchev–Trinajstić information content (AvgIpc) is 3.02. The summed E-state index contributed by atoms with van der Waals surface area (Å²) in [5.74, 6) is 0.644. The second-order valence-corrected chi connectivity index (χ2v) is 12.9. The van der Waals surface area contributed by atoms with E-state index in [1.807, 2.05) is 0 Å². The molecular formula is C14H24N6O4Si. The van der Waals surface area contributed by atoms with Crippen LogP contribution in [0.3, 0.4) is 0 Å². The highest BCUT2D eigenvalue weighted by Crippen LogP contribution is 2.34. The molecule has 138 valence electrons. The number of aliphatic hydroxyl groups excluding tert-OH is 3. The number of nitrogen functional groups attached to an aromatic ring is 1. The molecule has 25 heavy (non-hydrogen) atoms. The number of rotatable bonds is 5. The monoisotopic (exact) mass is 368 g/mol. The molecule has 0 saturated carbocycles. The van der Waals surface area contributed by atoms with Gasteiger partial charge in [-0.1, -0.05) is 19.6 Å². The highest BCUT2D eigenvalue weighted by Gasteiger charge is 2.44. The van der Waals surface area contributed by atoms with E-state index in [2.05, 4.69) is 39.9 Å². The normalized spacial score (nSPS) is 27.1. The minimum absolute atomic E-state index is 0.0846. The molecule has 3 heterocycles. The lowest BCUT2D eigenvalue weighted by Crippen LogP contribution is -2.33. The van der Waals surface area contributed by atoms with Crippen molar-refractivity contribution >= 4 is 31.0 Å². The maximum absolute atomic E-state index is 10.3. The lowest BCUT2D eigenvalue weighted by atomic mass is 10.1. The van der Waals surface area contributed by atoms with Gasteiger partial charge in [0.2, 0.25) is 5.95 Å². The van der Waals surface area contributed by atoms with Gasteiger partial charge in [-0.25, -0.2) is 15.0 Å². The Morgan fingerprint density at radius 2 is 2.00 bits per heavy atom. The fourth-order valence-electron chi connectivity index (χ4n) is 2.75. The van der Waals surface area contributed by atoms with Gasteiger partial charge in [-0.05, 0) is 0 Å². The maximum Gasteiger partial charge on any atom is 0.204 e. The van der Waals surface area contributed by atoms with Crippen molar-refractivity contribution in [2.24, 2.45) is 0 Å². The number of ether oxygens (including phenoxy) is 1. The Bertz CT molecular complexity index is 764. The maximum atomic E-state index is 10.3. The first-order chi connectivity index (χ1) is 11.7. The number of nitrogens with one attached hydrogen (secondary N) is 1. The van der Waals surface area contributed by atoms with Gasteiger partial charge < -0.3 is 31.1 Å². The molecule has 1 aliphatic heterocycles. The Morgan fingerprint density at radius 1 is 1.28 bits per heavy atom. The summed E-state index contributed by atoms with van der Waals surface area (Å²) in [5, 5.41) is 32.8. The second kappa shape index (κ2) is 6.50. The summed E-state index contributed by atoms with van der Waals surface area (Å²) in [6.07, 6.45) is -2.18. The van der Waals surface area contributed by atoms with E-state index in [9.17, 15) is 15.3 Å². The van der Waals surface area contributed by atoms with Crippen LogP contribution in [0.5, 0.6) is 0 Å². The third kappa shape index (κ3) is 3.33. The van der Waals surface area contributed by atoms with E-state index in [4.69, 9.17) is 10.5 Å². The highest BCUT2D eigenvalue weighted by atomic mass is 28.3. The van der Waals surface area contributed by atoms with Gasteiger partial charge in [-0.15, -0.1) is 0 Å². The summed E-state index contributed by atoms with van der Waals surface area (Å²) in [7, 11) is -1.36. The molecule has 2 aromatic heterocycles. The molecule has 1 saturated heterocycles. The smallest absolute Gasteiger partial charge is 0.204 e. The quantitative estimate of drug-likeness (QED) is 0.432. The van der Waals surface area contributed by atoms with Gasteiger partial charge in [0, 0.05) is 6.17 Å². The zero-order valence-electron chi connectivity index (χ0n) is 14.4. The van der Waals surface area contributed by atoms with Crippen molar-refractivity contribution < 1.29 is 20.1 Å². The minimum Gasteiger partial charge on any atom is -0.394 e. The molecule has 4 atom stereocenters. The summed E-state index contributed by atoms with van der Waals surface area (Å²) < 4.78 is 6.96. The van der Waals surface area contributed by atoms with Crippen molar-refractivity contribution in [3.05, 3.63) is 6.33 Å². The molecule has 0 aliphatic carbocycles. The number of aromatic nitrogens is 4. The predicted molar refractivity (Wildman–Crippen MR) is 94.6 cm³/mol. The Labute approximate surface area is 145 Å². The first-order valence-corrected chi connectivity index (χ1v) is 11.8. The summed E-state index contributed by atoms with van der Waals surface area (Å²) in [6, 6.07) is 0. The minimum atomic E-state index is -1.36. The first kappa shape index (κ1) is 18.0. The third-order valence-corrected chi connectivity index (χ3v) is 5.30. The Kier molecular flexibility index (Phi) is 4.68. The van der Waals surface area contributed by atoms with Crippen LogP contribution in [0.1, 0.15) is 6.23 Å². The molecular weight excluding hydrogens is 344 g/mol. The lowest BCUT2D eigenvalue weighted by Gasteiger charge is -2.18. The molecule has 0 aromatic carbocycles. The van der Waals surface area contributed by atoms with Crippen molar-refractivity contribution in [1.29, 1.82) is 0 Å². The molecule has 11 heteroatoms. The molecule has 0 radical (unpaired) electrons. The van der Waals surface area contributed by atoms with E-state index in [1.165, 1.54) is 10.9 Å². The summed E-state index contributed by atoms with van der Waals surface area (Å²) in [5.41, 5.74) is 6.87. The topological polar surface area (TPSA) is 152 Å². The number of aliphatic hydroxyl groups is 3. The largest absolute Gasteiger partial charge is 0.394 e. The lowest BCUT2D eigenvalue weighted by molar-refractivity contribution is -0.0500. The number of nitrogens with zero attached hydrogens (tertiary/aromatic N) is 4. The van der Waals surface area contributed by atoms with Crippen LogP contribution < -0.4 is 11.1 Å². The molecule has 1 fully saturated rings. The SMILES string of the molecule is C[Si](C)(C)CNc1ncnc2c1nc(N)n2C1OC(CO)C(O)C1O. The number of hydrogen-bond donors (Lipinski definition) is 5. The van der Waals surface area contributed by atoms with E-state index in [1.54, 1.807) is 0 Å². The molecule has 3 rings (SSSR count). The Morgan fingerprint density at radius 3 is 2.60 bits per heavy atom. The standard InChI is InChI=1S/C14H24N6O4Si/c1-25(2,3)6-18-11-8-12(17-5-16-11)20(14(15)19-8)13-10(23)9(22)7(4-21)24-13/h5,7,9-10,13,21-23H,4,6H2,1-3H3,(H2,15,19)(H,16,17,18). The van der Waals surface area contributed by atoms with Crippen LogP contribution in [0, 0.1) is 0 Å². The van der Waals surface area contributed by atoms with Crippen molar-refractivity contribution in [3.8, 4) is 0 Å². The van der Waals surface area contributed by atoms with E-state index in [0.29, 0.717) is 17.0 Å². The zero-order valence-corrected chi connectivity index (χ0v) is 15.4. The fraction of sp³-hybridized carbons (Fsp3) is 0.643. The van der Waals surface area contributed by atoms with Crippen LogP contribution in [-0.2, 0) is 4.74 Å². The highest BCUT2D eigenvalue weighted by molar-refractivity contribution is 6.76. The van der Waals surface area contributed by atoms with Gasteiger partial charge in [0.25, 0.3) is 0 Å². The number of hydrogen-bond acceptors (Lipinski definition) is 9. The van der Waals surface area contributed by atoms with E-state index >= 15 is 0 Å². The van der Waals surface area contributed by atoms with Crippen LogP contribution in [0.25, 0.3) is 11.2 Å². The van der Waals surface area contributed by atoms with Crippen molar-refractivity contribution in [2.45, 2.75) is 44.2 Å². The van der Waals surface area contributed by atoms with Gasteiger partial charge in [0.05, 0.1) is 14.7 Å². The predicted octanol–water partition coefficient (Wildman–Crippen LogP) is -0.691. The van der Waals surface area contributed by atoms with Gasteiger partial charge >= 0.3 is 0 Å². The third-order valence-electron chi connectivity index (χ3n) is 4.06. The molecule has 0 spiro atoms. The first-order valence-electron chi connectivity index (χ1n) is 8.07. The summed E-state index contributed by atoms with van der Waals surface area (Å²) in [4.78, 5) is 12.7. The van der Waals surface area contributed by atoms with Gasteiger partial charge in [-0.3, -0.25) is 4.57 Å².